The van der Waals surface area contributed by atoms with Gasteiger partial charge >= 0.3 is 0 Å². The fraction of sp³-hybridized carbons (Fsp3) is 0.929. The first-order chi connectivity index (χ1) is 8.92. The van der Waals surface area contributed by atoms with E-state index in [1.807, 2.05) is 4.90 Å². The molecule has 0 aromatic rings. The summed E-state index contributed by atoms with van der Waals surface area (Å²) in [5.74, 6) is 0.835. The maximum absolute atomic E-state index is 12.5. The smallest absolute Gasteiger partial charge is 0.241 e. The third-order valence-corrected chi connectivity index (χ3v) is 3.62. The highest BCUT2D eigenvalue weighted by atomic mass is 16.5. The number of ether oxygens (including phenoxy) is 2. The largest absolute Gasteiger partial charge is 0.382 e. The van der Waals surface area contributed by atoms with Crippen molar-refractivity contribution in [1.82, 2.24) is 10.2 Å². The molecule has 1 amide bonds. The van der Waals surface area contributed by atoms with Crippen LogP contribution in [-0.2, 0) is 14.3 Å². The third-order valence-electron chi connectivity index (χ3n) is 3.62. The summed E-state index contributed by atoms with van der Waals surface area (Å²) in [5, 5.41) is 3.44. The van der Waals surface area contributed by atoms with Crippen LogP contribution in [0.3, 0.4) is 0 Å². The van der Waals surface area contributed by atoms with Crippen molar-refractivity contribution >= 4 is 5.91 Å². The van der Waals surface area contributed by atoms with Crippen molar-refractivity contribution in [2.24, 2.45) is 11.8 Å². The summed E-state index contributed by atoms with van der Waals surface area (Å²) in [4.78, 5) is 14.4. The van der Waals surface area contributed by atoms with Crippen LogP contribution < -0.4 is 5.32 Å². The minimum absolute atomic E-state index is 0.0782. The molecule has 1 rings (SSSR count). The molecular weight excluding hydrogens is 244 g/mol. The van der Waals surface area contributed by atoms with E-state index in [-0.39, 0.29) is 24.2 Å². The summed E-state index contributed by atoms with van der Waals surface area (Å²) >= 11 is 0. The van der Waals surface area contributed by atoms with Gasteiger partial charge in [0.25, 0.3) is 0 Å². The van der Waals surface area contributed by atoms with E-state index in [1.165, 1.54) is 0 Å². The van der Waals surface area contributed by atoms with Gasteiger partial charge in [-0.2, -0.15) is 0 Å². The molecular formula is C14H28N2O3. The first kappa shape index (κ1) is 16.4. The number of carbonyl (C=O) groups excluding carboxylic acids is 1. The molecule has 0 radical (unpaired) electrons. The second-order valence-corrected chi connectivity index (χ2v) is 5.88. The average Bonchev–Trinajstić information content (AvgIpc) is 2.66. The van der Waals surface area contributed by atoms with Crippen LogP contribution in [0, 0.1) is 11.8 Å². The Bertz CT molecular complexity index is 294. The second-order valence-electron chi connectivity index (χ2n) is 5.88. The van der Waals surface area contributed by atoms with Gasteiger partial charge in [-0.1, -0.05) is 27.7 Å². The lowest BCUT2D eigenvalue weighted by Gasteiger charge is -2.30. The molecule has 1 aliphatic rings. The van der Waals surface area contributed by atoms with Crippen molar-refractivity contribution in [3.63, 3.8) is 0 Å². The van der Waals surface area contributed by atoms with Gasteiger partial charge < -0.3 is 14.4 Å². The molecule has 1 fully saturated rings. The molecule has 0 aromatic carbocycles. The molecule has 1 N–H and O–H groups in total. The quantitative estimate of drug-likeness (QED) is 0.753. The topological polar surface area (TPSA) is 50.8 Å². The van der Waals surface area contributed by atoms with Crippen molar-refractivity contribution in [1.29, 1.82) is 0 Å². The summed E-state index contributed by atoms with van der Waals surface area (Å²) in [7, 11) is 3.30. The van der Waals surface area contributed by atoms with Gasteiger partial charge in [0, 0.05) is 14.2 Å². The van der Waals surface area contributed by atoms with Crippen LogP contribution in [0.25, 0.3) is 0 Å². The Labute approximate surface area is 116 Å². The number of nitrogens with zero attached hydrogens (tertiary/aromatic N) is 1. The van der Waals surface area contributed by atoms with Crippen molar-refractivity contribution in [3.05, 3.63) is 0 Å². The van der Waals surface area contributed by atoms with Crippen LogP contribution in [0.1, 0.15) is 27.7 Å². The van der Waals surface area contributed by atoms with Gasteiger partial charge in [-0.05, 0) is 11.8 Å². The highest BCUT2D eigenvalue weighted by Gasteiger charge is 2.42. The van der Waals surface area contributed by atoms with Gasteiger partial charge in [-0.25, -0.2) is 0 Å². The highest BCUT2D eigenvalue weighted by Crippen LogP contribution is 2.22. The highest BCUT2D eigenvalue weighted by molar-refractivity contribution is 5.84. The van der Waals surface area contributed by atoms with Gasteiger partial charge in [0.1, 0.15) is 0 Å². The zero-order valence-corrected chi connectivity index (χ0v) is 13.0. The van der Waals surface area contributed by atoms with Gasteiger partial charge in [0.2, 0.25) is 5.91 Å². The second kappa shape index (κ2) is 7.22. The molecule has 1 saturated heterocycles. The lowest BCUT2D eigenvalue weighted by Crippen LogP contribution is -2.46. The normalized spacial score (nSPS) is 25.7. The van der Waals surface area contributed by atoms with Crippen LogP contribution in [-0.4, -0.2) is 56.5 Å². The minimum Gasteiger partial charge on any atom is -0.382 e. The fourth-order valence-corrected chi connectivity index (χ4v) is 2.50. The molecule has 3 unspecified atom stereocenters. The lowest BCUT2D eigenvalue weighted by atomic mass is 10.0. The number of carbonyl (C=O) groups is 1. The van der Waals surface area contributed by atoms with E-state index in [0.29, 0.717) is 25.0 Å². The first-order valence-corrected chi connectivity index (χ1v) is 7.00. The maximum atomic E-state index is 12.5. The van der Waals surface area contributed by atoms with E-state index in [4.69, 9.17) is 9.47 Å². The van der Waals surface area contributed by atoms with E-state index >= 15 is 0 Å². The molecule has 5 nitrogen and oxygen atoms in total. The zero-order valence-electron chi connectivity index (χ0n) is 13.0. The van der Waals surface area contributed by atoms with Gasteiger partial charge in [-0.3, -0.25) is 10.1 Å². The summed E-state index contributed by atoms with van der Waals surface area (Å²) in [6.07, 6.45) is -0.00248. The minimum atomic E-state index is -0.0903. The van der Waals surface area contributed by atoms with Crippen molar-refractivity contribution in [2.45, 2.75) is 46.0 Å². The van der Waals surface area contributed by atoms with Crippen LogP contribution in [0.5, 0.6) is 0 Å². The fourth-order valence-electron chi connectivity index (χ4n) is 2.50. The number of nitrogens with one attached hydrogen (secondary N) is 1. The van der Waals surface area contributed by atoms with Crippen LogP contribution in [0.15, 0.2) is 0 Å². The van der Waals surface area contributed by atoms with Crippen molar-refractivity contribution < 1.29 is 14.3 Å². The number of amides is 1. The summed E-state index contributed by atoms with van der Waals surface area (Å²) in [6, 6.07) is -0.0903. The Morgan fingerprint density at radius 3 is 2.26 bits per heavy atom. The maximum Gasteiger partial charge on any atom is 0.241 e. The summed E-state index contributed by atoms with van der Waals surface area (Å²) < 4.78 is 10.5. The SMILES string of the molecule is COCC(CN1C(=O)C(C(C)C)NC1C(C)C)OC. The van der Waals surface area contributed by atoms with Crippen molar-refractivity contribution in [2.75, 3.05) is 27.4 Å². The van der Waals surface area contributed by atoms with E-state index in [0.717, 1.165) is 0 Å². The zero-order chi connectivity index (χ0) is 14.6. The predicted molar refractivity (Wildman–Crippen MR) is 74.8 cm³/mol. The molecule has 0 spiro atoms. The summed E-state index contributed by atoms with van der Waals surface area (Å²) in [5.41, 5.74) is 0. The first-order valence-electron chi connectivity index (χ1n) is 7.00. The number of hydrogen-bond donors (Lipinski definition) is 1. The Morgan fingerprint density at radius 1 is 1.21 bits per heavy atom. The van der Waals surface area contributed by atoms with Gasteiger partial charge in [0.05, 0.1) is 31.5 Å². The van der Waals surface area contributed by atoms with Crippen LogP contribution in [0.2, 0.25) is 0 Å². The monoisotopic (exact) mass is 272 g/mol. The molecule has 112 valence electrons. The Hall–Kier alpha value is -0.650. The van der Waals surface area contributed by atoms with E-state index in [9.17, 15) is 4.79 Å². The molecule has 0 aliphatic carbocycles. The molecule has 0 saturated carbocycles. The van der Waals surface area contributed by atoms with Gasteiger partial charge in [-0.15, -0.1) is 0 Å². The lowest BCUT2D eigenvalue weighted by molar-refractivity contribution is -0.133. The number of hydrogen-bond acceptors (Lipinski definition) is 4. The Kier molecular flexibility index (Phi) is 6.23. The number of rotatable bonds is 7. The molecule has 0 aromatic heterocycles. The van der Waals surface area contributed by atoms with Crippen LogP contribution in [0.4, 0.5) is 0 Å². The van der Waals surface area contributed by atoms with Gasteiger partial charge in [0.15, 0.2) is 0 Å². The van der Waals surface area contributed by atoms with E-state index in [1.54, 1.807) is 14.2 Å². The summed E-state index contributed by atoms with van der Waals surface area (Å²) in [6.45, 7) is 9.45. The molecule has 3 atom stereocenters. The van der Waals surface area contributed by atoms with Crippen LogP contribution >= 0.6 is 0 Å². The van der Waals surface area contributed by atoms with E-state index in [2.05, 4.69) is 33.0 Å². The van der Waals surface area contributed by atoms with Crippen molar-refractivity contribution in [3.8, 4) is 0 Å². The Balaban J connectivity index is 2.79. The average molecular weight is 272 g/mol. The molecule has 0 bridgehead atoms. The predicted octanol–water partition coefficient (Wildman–Crippen LogP) is 1.09. The standard InChI is InChI=1S/C14H28N2O3/c1-9(2)12-14(17)16(13(15-12)10(3)4)7-11(19-6)8-18-5/h9-13,15H,7-8H2,1-6H3. The van der Waals surface area contributed by atoms with E-state index < -0.39 is 0 Å². The molecule has 1 heterocycles. The molecule has 1 aliphatic heterocycles. The molecule has 19 heavy (non-hydrogen) atoms. The molecule has 5 heteroatoms. The third kappa shape index (κ3) is 3.91. The number of methoxy groups -OCH3 is 2. The Morgan fingerprint density at radius 2 is 1.84 bits per heavy atom.